The van der Waals surface area contributed by atoms with Gasteiger partial charge in [0.1, 0.15) is 31.9 Å². The van der Waals surface area contributed by atoms with Crippen LogP contribution in [-0.2, 0) is 0 Å². The van der Waals surface area contributed by atoms with Crippen LogP contribution >= 0.6 is 0 Å². The van der Waals surface area contributed by atoms with Crippen LogP contribution in [0.3, 0.4) is 0 Å². The van der Waals surface area contributed by atoms with Gasteiger partial charge in [-0.25, -0.2) is 0 Å². The highest BCUT2D eigenvalue weighted by atomic mass is 16.5. The molecule has 3 N–H and O–H groups in total. The summed E-state index contributed by atoms with van der Waals surface area (Å²) in [5.41, 5.74) is 2.49. The molecule has 0 aliphatic carbocycles. The van der Waals surface area contributed by atoms with E-state index < -0.39 is 0 Å². The smallest absolute Gasteiger partial charge is 0.127 e. The van der Waals surface area contributed by atoms with Crippen molar-refractivity contribution in [1.29, 1.82) is 0 Å². The molecule has 1 aromatic carbocycles. The Kier molecular flexibility index (Phi) is 5.02. The van der Waals surface area contributed by atoms with E-state index in [0.717, 1.165) is 18.8 Å². The van der Waals surface area contributed by atoms with Gasteiger partial charge in [0.05, 0.1) is 13.2 Å². The molecule has 0 aromatic heterocycles. The maximum atomic E-state index is 5.94. The largest absolute Gasteiger partial charge is 0.493 e. The van der Waals surface area contributed by atoms with Crippen molar-refractivity contribution in [3.8, 4) is 5.75 Å². The van der Waals surface area contributed by atoms with Gasteiger partial charge in [0.2, 0.25) is 0 Å². The number of aryl methyl sites for hydroxylation is 2. The standard InChI is InChI=1S/C15H24N2O/c1-13-5-3-6-14(2)15(13)18-12-4-9-17-10-7-16-8-11-17/h3,5-6,16H,4,7-12H2,1-2H3/p+2. The lowest BCUT2D eigenvalue weighted by molar-refractivity contribution is -0.946. The first-order valence-corrected chi connectivity index (χ1v) is 7.11. The van der Waals surface area contributed by atoms with E-state index in [4.69, 9.17) is 4.74 Å². The van der Waals surface area contributed by atoms with Gasteiger partial charge in [-0.15, -0.1) is 0 Å². The molecule has 100 valence electrons. The van der Waals surface area contributed by atoms with Gasteiger partial charge in [-0.05, 0) is 25.0 Å². The third-order valence-electron chi connectivity index (χ3n) is 3.73. The van der Waals surface area contributed by atoms with Crippen molar-refractivity contribution in [2.75, 3.05) is 39.3 Å². The van der Waals surface area contributed by atoms with Gasteiger partial charge in [-0.3, -0.25) is 0 Å². The Morgan fingerprint density at radius 1 is 1.17 bits per heavy atom. The number of piperazine rings is 1. The molecule has 3 nitrogen and oxygen atoms in total. The topological polar surface area (TPSA) is 30.3 Å². The molecule has 1 aliphatic rings. The van der Waals surface area contributed by atoms with E-state index in [9.17, 15) is 0 Å². The number of para-hydroxylation sites is 1. The van der Waals surface area contributed by atoms with E-state index in [1.807, 2.05) is 0 Å². The monoisotopic (exact) mass is 250 g/mol. The van der Waals surface area contributed by atoms with Crippen molar-refractivity contribution >= 4 is 0 Å². The minimum absolute atomic E-state index is 0.846. The van der Waals surface area contributed by atoms with Crippen LogP contribution in [0.4, 0.5) is 0 Å². The average Bonchev–Trinajstić information content (AvgIpc) is 2.38. The van der Waals surface area contributed by atoms with Crippen molar-refractivity contribution in [2.24, 2.45) is 0 Å². The first-order valence-electron chi connectivity index (χ1n) is 7.11. The molecule has 0 unspecified atom stereocenters. The summed E-state index contributed by atoms with van der Waals surface area (Å²) in [7, 11) is 0. The second kappa shape index (κ2) is 6.76. The first kappa shape index (κ1) is 13.4. The Morgan fingerprint density at radius 2 is 1.83 bits per heavy atom. The van der Waals surface area contributed by atoms with Crippen molar-refractivity contribution < 1.29 is 15.0 Å². The highest BCUT2D eigenvalue weighted by Gasteiger charge is 2.14. The molecule has 1 aromatic rings. The van der Waals surface area contributed by atoms with E-state index in [0.29, 0.717) is 0 Å². The predicted molar refractivity (Wildman–Crippen MR) is 73.3 cm³/mol. The number of nitrogens with one attached hydrogen (secondary N) is 1. The zero-order chi connectivity index (χ0) is 12.8. The molecule has 1 saturated heterocycles. The summed E-state index contributed by atoms with van der Waals surface area (Å²) in [5.74, 6) is 1.08. The van der Waals surface area contributed by atoms with Crippen molar-refractivity contribution in [3.63, 3.8) is 0 Å². The predicted octanol–water partition coefficient (Wildman–Crippen LogP) is -0.466. The number of rotatable bonds is 5. The lowest BCUT2D eigenvalue weighted by Gasteiger charge is -2.22. The van der Waals surface area contributed by atoms with E-state index >= 15 is 0 Å². The Balaban J connectivity index is 1.71. The third-order valence-corrected chi connectivity index (χ3v) is 3.73. The molecule has 0 saturated carbocycles. The van der Waals surface area contributed by atoms with Crippen LogP contribution in [0.15, 0.2) is 18.2 Å². The van der Waals surface area contributed by atoms with Crippen LogP contribution < -0.4 is 15.0 Å². The molecule has 1 fully saturated rings. The van der Waals surface area contributed by atoms with Gasteiger partial charge in [0.15, 0.2) is 0 Å². The van der Waals surface area contributed by atoms with Crippen LogP contribution in [-0.4, -0.2) is 39.3 Å². The number of quaternary nitrogens is 2. The second-order valence-electron chi connectivity index (χ2n) is 5.29. The van der Waals surface area contributed by atoms with Gasteiger partial charge in [0, 0.05) is 6.42 Å². The molecule has 2 rings (SSSR count). The molecule has 1 aliphatic heterocycles. The Bertz CT molecular complexity index is 353. The van der Waals surface area contributed by atoms with Gasteiger partial charge < -0.3 is 15.0 Å². The SMILES string of the molecule is Cc1cccc(C)c1OCCC[NH+]1CC[NH2+]CC1. The Hall–Kier alpha value is -1.06. The van der Waals surface area contributed by atoms with Gasteiger partial charge in [0.25, 0.3) is 0 Å². The number of hydrogen-bond acceptors (Lipinski definition) is 1. The minimum Gasteiger partial charge on any atom is -0.493 e. The zero-order valence-electron chi connectivity index (χ0n) is 11.7. The van der Waals surface area contributed by atoms with E-state index in [2.05, 4.69) is 37.4 Å². The van der Waals surface area contributed by atoms with Crippen LogP contribution in [0, 0.1) is 13.8 Å². The maximum absolute atomic E-state index is 5.94. The average molecular weight is 250 g/mol. The molecular weight excluding hydrogens is 224 g/mol. The summed E-state index contributed by atoms with van der Waals surface area (Å²) in [6, 6.07) is 6.33. The quantitative estimate of drug-likeness (QED) is 0.680. The molecule has 0 radical (unpaired) electrons. The van der Waals surface area contributed by atoms with Crippen LogP contribution in [0.1, 0.15) is 17.5 Å². The van der Waals surface area contributed by atoms with E-state index in [1.165, 1.54) is 43.9 Å². The van der Waals surface area contributed by atoms with E-state index in [1.54, 1.807) is 4.90 Å². The summed E-state index contributed by atoms with van der Waals surface area (Å²) >= 11 is 0. The van der Waals surface area contributed by atoms with Crippen LogP contribution in [0.5, 0.6) is 5.75 Å². The first-order chi connectivity index (χ1) is 8.77. The fourth-order valence-corrected chi connectivity index (χ4v) is 2.65. The van der Waals surface area contributed by atoms with Crippen molar-refractivity contribution in [3.05, 3.63) is 29.3 Å². The molecular formula is C15H26N2O+2. The summed E-state index contributed by atoms with van der Waals surface area (Å²) in [6.45, 7) is 11.5. The van der Waals surface area contributed by atoms with Crippen molar-refractivity contribution in [1.82, 2.24) is 0 Å². The number of hydrogen-bond donors (Lipinski definition) is 2. The number of nitrogens with two attached hydrogens (primary N) is 1. The summed E-state index contributed by atoms with van der Waals surface area (Å²) in [6.07, 6.45) is 1.16. The number of benzene rings is 1. The normalized spacial score (nSPS) is 16.8. The van der Waals surface area contributed by atoms with Crippen LogP contribution in [0.2, 0.25) is 0 Å². The second-order valence-corrected chi connectivity index (χ2v) is 5.29. The van der Waals surface area contributed by atoms with E-state index in [-0.39, 0.29) is 0 Å². The summed E-state index contributed by atoms with van der Waals surface area (Å²) in [5, 5.41) is 2.41. The molecule has 0 atom stereocenters. The molecule has 18 heavy (non-hydrogen) atoms. The molecule has 0 spiro atoms. The Labute approximate surface area is 110 Å². The van der Waals surface area contributed by atoms with Gasteiger partial charge >= 0.3 is 0 Å². The van der Waals surface area contributed by atoms with Crippen molar-refractivity contribution in [2.45, 2.75) is 20.3 Å². The van der Waals surface area contributed by atoms with Gasteiger partial charge in [-0.1, -0.05) is 18.2 Å². The maximum Gasteiger partial charge on any atom is 0.127 e. The zero-order valence-corrected chi connectivity index (χ0v) is 11.7. The number of ether oxygens (including phenoxy) is 1. The molecule has 0 bridgehead atoms. The highest BCUT2D eigenvalue weighted by Crippen LogP contribution is 2.22. The molecule has 1 heterocycles. The molecule has 3 heteroatoms. The lowest BCUT2D eigenvalue weighted by atomic mass is 10.1. The summed E-state index contributed by atoms with van der Waals surface area (Å²) < 4.78 is 5.94. The minimum atomic E-state index is 0.846. The molecule has 0 amide bonds. The fourth-order valence-electron chi connectivity index (χ4n) is 2.65. The third kappa shape index (κ3) is 3.72. The van der Waals surface area contributed by atoms with Crippen LogP contribution in [0.25, 0.3) is 0 Å². The Morgan fingerprint density at radius 3 is 2.50 bits per heavy atom. The summed E-state index contributed by atoms with van der Waals surface area (Å²) in [4.78, 5) is 1.74. The fraction of sp³-hybridized carbons (Fsp3) is 0.600. The highest BCUT2D eigenvalue weighted by molar-refractivity contribution is 5.39. The van der Waals surface area contributed by atoms with Gasteiger partial charge in [-0.2, -0.15) is 0 Å². The lowest BCUT2D eigenvalue weighted by Crippen LogP contribution is -3.20.